The average Bonchev–Trinajstić information content (AvgIpc) is 2.44. The number of ether oxygens (including phenoxy) is 2. The summed E-state index contributed by atoms with van der Waals surface area (Å²) in [5.74, 6) is -0.170. The van der Waals surface area contributed by atoms with Gasteiger partial charge in [0.1, 0.15) is 6.61 Å². The molecular weight excluding hydrogens is 242 g/mol. The Balaban J connectivity index is 1.66. The molecule has 0 saturated carbocycles. The number of esters is 1. The Bertz CT molecular complexity index is 414. The van der Waals surface area contributed by atoms with Crippen molar-refractivity contribution in [3.63, 3.8) is 0 Å². The van der Waals surface area contributed by atoms with Crippen LogP contribution in [0.5, 0.6) is 0 Å². The van der Waals surface area contributed by atoms with E-state index in [1.54, 1.807) is 0 Å². The Hall–Kier alpha value is -1.55. The maximum atomic E-state index is 11.6. The van der Waals surface area contributed by atoms with Crippen LogP contribution in [0.1, 0.15) is 31.2 Å². The number of carbonyl (C=O) groups excluding carboxylic acids is 1. The zero-order valence-corrected chi connectivity index (χ0v) is 11.1. The van der Waals surface area contributed by atoms with E-state index in [0.29, 0.717) is 19.4 Å². The molecule has 2 N–H and O–H groups in total. The van der Waals surface area contributed by atoms with Crippen molar-refractivity contribution < 1.29 is 14.3 Å². The summed E-state index contributed by atoms with van der Waals surface area (Å²) in [4.78, 5) is 11.6. The second kappa shape index (κ2) is 7.14. The summed E-state index contributed by atoms with van der Waals surface area (Å²) in [6, 6.07) is 7.58. The molecule has 0 radical (unpaired) electrons. The van der Waals surface area contributed by atoms with Crippen LogP contribution in [0.25, 0.3) is 0 Å². The number of hydrogen-bond donors (Lipinski definition) is 1. The number of hydrogen-bond acceptors (Lipinski definition) is 4. The first-order valence-corrected chi connectivity index (χ1v) is 6.85. The molecule has 0 bridgehead atoms. The van der Waals surface area contributed by atoms with Crippen molar-refractivity contribution in [3.8, 4) is 0 Å². The van der Waals surface area contributed by atoms with Crippen LogP contribution in [-0.4, -0.2) is 25.3 Å². The summed E-state index contributed by atoms with van der Waals surface area (Å²) in [5.41, 5.74) is 7.47. The van der Waals surface area contributed by atoms with Crippen molar-refractivity contribution in [2.24, 2.45) is 0 Å². The second-order valence-corrected chi connectivity index (χ2v) is 4.92. The molecule has 1 unspecified atom stereocenters. The van der Waals surface area contributed by atoms with Gasteiger partial charge in [0, 0.05) is 18.7 Å². The maximum Gasteiger partial charge on any atom is 0.306 e. The van der Waals surface area contributed by atoms with E-state index in [4.69, 9.17) is 15.2 Å². The molecule has 104 valence electrons. The zero-order valence-electron chi connectivity index (χ0n) is 11.1. The normalized spacial score (nSPS) is 19.1. The minimum atomic E-state index is -0.170. The fourth-order valence-electron chi connectivity index (χ4n) is 2.19. The molecule has 4 heteroatoms. The third kappa shape index (κ3) is 4.91. The monoisotopic (exact) mass is 263 g/mol. The lowest BCUT2D eigenvalue weighted by molar-refractivity contribution is -0.149. The molecule has 1 atom stereocenters. The van der Waals surface area contributed by atoms with Gasteiger partial charge in [0.2, 0.25) is 0 Å². The Morgan fingerprint density at radius 3 is 3.05 bits per heavy atom. The molecule has 1 aromatic rings. The molecule has 1 saturated heterocycles. The van der Waals surface area contributed by atoms with Gasteiger partial charge in [-0.15, -0.1) is 0 Å². The van der Waals surface area contributed by atoms with Crippen LogP contribution in [0.4, 0.5) is 5.69 Å². The van der Waals surface area contributed by atoms with Crippen molar-refractivity contribution in [1.29, 1.82) is 0 Å². The van der Waals surface area contributed by atoms with Gasteiger partial charge in [-0.05, 0) is 43.4 Å². The summed E-state index contributed by atoms with van der Waals surface area (Å²) in [5, 5.41) is 0. The zero-order chi connectivity index (χ0) is 13.5. The van der Waals surface area contributed by atoms with Crippen LogP contribution in [-0.2, 0) is 20.7 Å². The van der Waals surface area contributed by atoms with Gasteiger partial charge in [0.05, 0.1) is 6.10 Å². The van der Waals surface area contributed by atoms with E-state index in [9.17, 15) is 4.79 Å². The number of nitrogens with two attached hydrogens (primary N) is 1. The summed E-state index contributed by atoms with van der Waals surface area (Å²) < 4.78 is 10.8. The highest BCUT2D eigenvalue weighted by atomic mass is 16.6. The number of benzene rings is 1. The Labute approximate surface area is 113 Å². The lowest BCUT2D eigenvalue weighted by atomic mass is 10.1. The van der Waals surface area contributed by atoms with Crippen LogP contribution in [0.15, 0.2) is 24.3 Å². The predicted octanol–water partition coefficient (Wildman–Crippen LogP) is 2.31. The van der Waals surface area contributed by atoms with Crippen LogP contribution in [0.3, 0.4) is 0 Å². The Kier molecular flexibility index (Phi) is 5.21. The molecule has 0 aliphatic carbocycles. The molecule has 19 heavy (non-hydrogen) atoms. The molecular formula is C15H21NO3. The van der Waals surface area contributed by atoms with E-state index in [0.717, 1.165) is 37.1 Å². The molecule has 0 spiro atoms. The highest BCUT2D eigenvalue weighted by Crippen LogP contribution is 2.13. The van der Waals surface area contributed by atoms with Gasteiger partial charge in [-0.2, -0.15) is 0 Å². The van der Waals surface area contributed by atoms with Crippen LogP contribution < -0.4 is 5.73 Å². The topological polar surface area (TPSA) is 61.6 Å². The summed E-state index contributed by atoms with van der Waals surface area (Å²) in [7, 11) is 0. The van der Waals surface area contributed by atoms with Crippen LogP contribution >= 0.6 is 0 Å². The highest BCUT2D eigenvalue weighted by Gasteiger charge is 2.15. The molecule has 1 heterocycles. The van der Waals surface area contributed by atoms with Crippen LogP contribution in [0, 0.1) is 0 Å². The van der Waals surface area contributed by atoms with Gasteiger partial charge in [-0.3, -0.25) is 4.79 Å². The second-order valence-electron chi connectivity index (χ2n) is 4.92. The molecule has 1 aliphatic rings. The molecule has 1 aromatic carbocycles. The van der Waals surface area contributed by atoms with E-state index in [2.05, 4.69) is 0 Å². The first-order valence-electron chi connectivity index (χ1n) is 6.85. The van der Waals surface area contributed by atoms with Crippen molar-refractivity contribution in [1.82, 2.24) is 0 Å². The first kappa shape index (κ1) is 13.9. The number of rotatable bonds is 5. The third-order valence-corrected chi connectivity index (χ3v) is 3.27. The van der Waals surface area contributed by atoms with Crippen molar-refractivity contribution in [3.05, 3.63) is 29.8 Å². The Morgan fingerprint density at radius 2 is 2.32 bits per heavy atom. The lowest BCUT2D eigenvalue weighted by Gasteiger charge is -2.22. The van der Waals surface area contributed by atoms with Gasteiger partial charge in [0.15, 0.2) is 0 Å². The minimum Gasteiger partial charge on any atom is -0.463 e. The summed E-state index contributed by atoms with van der Waals surface area (Å²) in [6.07, 6.45) is 4.39. The van der Waals surface area contributed by atoms with E-state index in [-0.39, 0.29) is 12.1 Å². The smallest absolute Gasteiger partial charge is 0.306 e. The molecule has 1 fully saturated rings. The quantitative estimate of drug-likeness (QED) is 0.654. The van der Waals surface area contributed by atoms with Gasteiger partial charge < -0.3 is 15.2 Å². The van der Waals surface area contributed by atoms with Crippen molar-refractivity contribution in [2.75, 3.05) is 18.9 Å². The minimum absolute atomic E-state index is 0.0880. The van der Waals surface area contributed by atoms with Gasteiger partial charge in [-0.25, -0.2) is 0 Å². The lowest BCUT2D eigenvalue weighted by Crippen LogP contribution is -2.26. The fraction of sp³-hybridized carbons (Fsp3) is 0.533. The van der Waals surface area contributed by atoms with E-state index in [1.807, 2.05) is 24.3 Å². The van der Waals surface area contributed by atoms with Gasteiger partial charge in [0.25, 0.3) is 0 Å². The standard InChI is InChI=1S/C15H21NO3/c16-13-5-3-4-12(10-13)7-8-15(17)19-11-14-6-1-2-9-18-14/h3-5,10,14H,1-2,6-9,11,16H2. The first-order chi connectivity index (χ1) is 9.24. The number of anilines is 1. The molecule has 2 rings (SSSR count). The van der Waals surface area contributed by atoms with E-state index >= 15 is 0 Å². The molecule has 0 amide bonds. The van der Waals surface area contributed by atoms with Crippen molar-refractivity contribution >= 4 is 11.7 Å². The highest BCUT2D eigenvalue weighted by molar-refractivity contribution is 5.69. The van der Waals surface area contributed by atoms with Crippen molar-refractivity contribution in [2.45, 2.75) is 38.2 Å². The fourth-order valence-corrected chi connectivity index (χ4v) is 2.19. The third-order valence-electron chi connectivity index (χ3n) is 3.27. The Morgan fingerprint density at radius 1 is 1.42 bits per heavy atom. The summed E-state index contributed by atoms with van der Waals surface area (Å²) >= 11 is 0. The number of nitrogen functional groups attached to an aromatic ring is 1. The molecule has 0 aromatic heterocycles. The van der Waals surface area contributed by atoms with Gasteiger partial charge in [-0.1, -0.05) is 12.1 Å². The number of carbonyl (C=O) groups is 1. The maximum absolute atomic E-state index is 11.6. The largest absolute Gasteiger partial charge is 0.463 e. The average molecular weight is 263 g/mol. The SMILES string of the molecule is Nc1cccc(CCC(=O)OCC2CCCCO2)c1. The van der Waals surface area contributed by atoms with E-state index in [1.165, 1.54) is 0 Å². The van der Waals surface area contributed by atoms with Crippen LogP contribution in [0.2, 0.25) is 0 Å². The summed E-state index contributed by atoms with van der Waals surface area (Å²) in [6.45, 7) is 1.17. The molecule has 1 aliphatic heterocycles. The van der Waals surface area contributed by atoms with E-state index < -0.39 is 0 Å². The predicted molar refractivity (Wildman–Crippen MR) is 73.7 cm³/mol. The van der Waals surface area contributed by atoms with Gasteiger partial charge >= 0.3 is 5.97 Å². The number of aryl methyl sites for hydroxylation is 1. The molecule has 4 nitrogen and oxygen atoms in total.